The Morgan fingerprint density at radius 2 is 1.77 bits per heavy atom. The van der Waals surface area contributed by atoms with E-state index >= 15 is 0 Å². The SMILES string of the molecule is O=C(CCC1=NNC2C3CC(c4ccc(Cl)cc4)NN3C=CN12)N1CCN(c2ccccc2)CC1. The van der Waals surface area contributed by atoms with Crippen LogP contribution in [0.1, 0.15) is 30.9 Å². The molecule has 8 nitrogen and oxygen atoms in total. The van der Waals surface area contributed by atoms with Crippen LogP contribution < -0.4 is 15.8 Å². The van der Waals surface area contributed by atoms with Gasteiger partial charge in [-0.2, -0.15) is 5.10 Å². The van der Waals surface area contributed by atoms with E-state index in [0.29, 0.717) is 12.8 Å². The fourth-order valence-electron chi connectivity index (χ4n) is 5.45. The molecular formula is C26H30ClN7O. The second-order valence-corrected chi connectivity index (χ2v) is 9.89. The van der Waals surface area contributed by atoms with Gasteiger partial charge in [-0.25, -0.2) is 5.43 Å². The van der Waals surface area contributed by atoms with E-state index in [0.717, 1.165) is 43.5 Å². The number of nitrogens with zero attached hydrogens (tertiary/aromatic N) is 5. The minimum atomic E-state index is 0.0596. The summed E-state index contributed by atoms with van der Waals surface area (Å²) in [7, 11) is 0. The van der Waals surface area contributed by atoms with Crippen molar-refractivity contribution in [1.82, 2.24) is 25.7 Å². The van der Waals surface area contributed by atoms with E-state index in [4.69, 9.17) is 11.6 Å². The summed E-state index contributed by atoms with van der Waals surface area (Å²) < 4.78 is 0. The number of anilines is 1. The number of carbonyl (C=O) groups is 1. The van der Waals surface area contributed by atoms with Crippen molar-refractivity contribution in [3.63, 3.8) is 0 Å². The number of fused-ring (bicyclic) bond motifs is 3. The maximum absolute atomic E-state index is 12.9. The predicted molar refractivity (Wildman–Crippen MR) is 137 cm³/mol. The number of hydrogen-bond acceptors (Lipinski definition) is 7. The first-order valence-corrected chi connectivity index (χ1v) is 12.7. The molecule has 3 atom stereocenters. The van der Waals surface area contributed by atoms with E-state index < -0.39 is 0 Å². The van der Waals surface area contributed by atoms with E-state index in [1.165, 1.54) is 11.3 Å². The van der Waals surface area contributed by atoms with Gasteiger partial charge in [0.15, 0.2) is 0 Å². The summed E-state index contributed by atoms with van der Waals surface area (Å²) >= 11 is 6.06. The quantitative estimate of drug-likeness (QED) is 0.670. The van der Waals surface area contributed by atoms with Crippen molar-refractivity contribution in [3.05, 3.63) is 77.6 Å². The molecule has 4 aliphatic heterocycles. The van der Waals surface area contributed by atoms with E-state index in [2.05, 4.69) is 79.6 Å². The molecule has 2 fully saturated rings. The van der Waals surface area contributed by atoms with Gasteiger partial charge in [-0.05, 0) is 36.2 Å². The van der Waals surface area contributed by atoms with E-state index in [9.17, 15) is 4.79 Å². The van der Waals surface area contributed by atoms with Crippen LogP contribution in [0.25, 0.3) is 0 Å². The third-order valence-corrected chi connectivity index (χ3v) is 7.66. The molecule has 182 valence electrons. The van der Waals surface area contributed by atoms with Gasteiger partial charge in [0, 0.05) is 62.1 Å². The molecule has 1 amide bonds. The van der Waals surface area contributed by atoms with Crippen LogP contribution in [0.5, 0.6) is 0 Å². The number of halogens is 1. The van der Waals surface area contributed by atoms with Crippen molar-refractivity contribution >= 4 is 29.0 Å². The van der Waals surface area contributed by atoms with Gasteiger partial charge in [-0.3, -0.25) is 10.2 Å². The van der Waals surface area contributed by atoms with Crippen molar-refractivity contribution in [1.29, 1.82) is 0 Å². The third-order valence-electron chi connectivity index (χ3n) is 7.40. The number of hydrazone groups is 1. The van der Waals surface area contributed by atoms with Gasteiger partial charge < -0.3 is 19.7 Å². The van der Waals surface area contributed by atoms with Crippen LogP contribution in [0.4, 0.5) is 5.69 Å². The zero-order valence-electron chi connectivity index (χ0n) is 19.6. The summed E-state index contributed by atoms with van der Waals surface area (Å²) in [6.45, 7) is 3.27. The number of amides is 1. The molecule has 0 saturated carbocycles. The van der Waals surface area contributed by atoms with Gasteiger partial charge >= 0.3 is 0 Å². The van der Waals surface area contributed by atoms with Crippen molar-refractivity contribution in [2.45, 2.75) is 37.5 Å². The Kier molecular flexibility index (Phi) is 6.00. The van der Waals surface area contributed by atoms with Crippen LogP contribution in [0.2, 0.25) is 5.02 Å². The number of amidine groups is 1. The highest BCUT2D eigenvalue weighted by Crippen LogP contribution is 2.34. The molecule has 0 spiro atoms. The Morgan fingerprint density at radius 1 is 1.00 bits per heavy atom. The zero-order valence-corrected chi connectivity index (χ0v) is 20.3. The van der Waals surface area contributed by atoms with E-state index in [-0.39, 0.29) is 24.2 Å². The molecule has 2 N–H and O–H groups in total. The van der Waals surface area contributed by atoms with Crippen LogP contribution in [0.3, 0.4) is 0 Å². The third kappa shape index (κ3) is 4.44. The first kappa shape index (κ1) is 22.2. The van der Waals surface area contributed by atoms with Gasteiger partial charge in [-0.15, -0.1) is 0 Å². The highest BCUT2D eigenvalue weighted by molar-refractivity contribution is 6.30. The first-order valence-electron chi connectivity index (χ1n) is 12.3. The Bertz CT molecular complexity index is 1110. The number of hydrazine groups is 1. The fourth-order valence-corrected chi connectivity index (χ4v) is 5.58. The summed E-state index contributed by atoms with van der Waals surface area (Å²) in [4.78, 5) is 19.5. The maximum Gasteiger partial charge on any atom is 0.223 e. The van der Waals surface area contributed by atoms with Gasteiger partial charge in [0.2, 0.25) is 5.91 Å². The second kappa shape index (κ2) is 9.43. The number of nitrogens with one attached hydrogen (secondary N) is 2. The molecule has 0 aromatic heterocycles. The zero-order chi connectivity index (χ0) is 23.8. The van der Waals surface area contributed by atoms with E-state index in [1.54, 1.807) is 0 Å². The average Bonchev–Trinajstić information content (AvgIpc) is 3.52. The lowest BCUT2D eigenvalue weighted by Gasteiger charge is -2.37. The molecule has 9 heteroatoms. The molecule has 0 radical (unpaired) electrons. The second-order valence-electron chi connectivity index (χ2n) is 9.45. The van der Waals surface area contributed by atoms with Crippen molar-refractivity contribution in [2.24, 2.45) is 5.10 Å². The average molecular weight is 492 g/mol. The Hall–Kier alpha value is -3.23. The minimum absolute atomic E-state index is 0.0596. The lowest BCUT2D eigenvalue weighted by atomic mass is 9.99. The lowest BCUT2D eigenvalue weighted by Crippen LogP contribution is -2.54. The molecular weight excluding hydrogens is 462 g/mol. The first-order chi connectivity index (χ1) is 17.2. The molecule has 2 aromatic carbocycles. The number of hydrogen-bond donors (Lipinski definition) is 2. The number of para-hydroxylation sites is 1. The van der Waals surface area contributed by atoms with E-state index in [1.807, 2.05) is 23.1 Å². The van der Waals surface area contributed by atoms with Gasteiger partial charge in [-0.1, -0.05) is 41.9 Å². The molecule has 6 rings (SSSR count). The molecule has 3 unspecified atom stereocenters. The highest BCUT2D eigenvalue weighted by atomic mass is 35.5. The smallest absolute Gasteiger partial charge is 0.223 e. The van der Waals surface area contributed by atoms with Gasteiger partial charge in [0.05, 0.1) is 12.1 Å². The largest absolute Gasteiger partial charge is 0.368 e. The molecule has 4 aliphatic rings. The summed E-state index contributed by atoms with van der Waals surface area (Å²) in [5, 5.41) is 7.53. The Morgan fingerprint density at radius 3 is 2.54 bits per heavy atom. The summed E-state index contributed by atoms with van der Waals surface area (Å²) in [6.07, 6.45) is 6.25. The molecule has 4 heterocycles. The van der Waals surface area contributed by atoms with Gasteiger partial charge in [0.1, 0.15) is 12.0 Å². The van der Waals surface area contributed by atoms with Crippen LogP contribution in [0, 0.1) is 0 Å². The van der Waals surface area contributed by atoms with Crippen molar-refractivity contribution < 1.29 is 4.79 Å². The Labute approximate surface area is 210 Å². The molecule has 2 aromatic rings. The van der Waals surface area contributed by atoms with Crippen LogP contribution >= 0.6 is 11.6 Å². The maximum atomic E-state index is 12.9. The molecule has 2 saturated heterocycles. The number of piperazine rings is 1. The predicted octanol–water partition coefficient (Wildman–Crippen LogP) is 3.12. The number of carbonyl (C=O) groups excluding carboxylic acids is 1. The Balaban J connectivity index is 1.01. The summed E-state index contributed by atoms with van der Waals surface area (Å²) in [5.41, 5.74) is 9.35. The molecule has 35 heavy (non-hydrogen) atoms. The normalized spacial score (nSPS) is 25.3. The fraction of sp³-hybridized carbons (Fsp3) is 0.385. The number of benzene rings is 2. The number of rotatable bonds is 5. The molecule has 0 aliphatic carbocycles. The highest BCUT2D eigenvalue weighted by Gasteiger charge is 2.44. The van der Waals surface area contributed by atoms with Crippen LogP contribution in [-0.4, -0.2) is 64.9 Å². The van der Waals surface area contributed by atoms with Crippen LogP contribution in [0.15, 0.2) is 72.1 Å². The summed E-state index contributed by atoms with van der Waals surface area (Å²) in [5.74, 6) is 1.13. The minimum Gasteiger partial charge on any atom is -0.368 e. The standard InChI is InChI=1S/C26H30ClN7O/c27-20-8-6-19(7-9-20)22-18-23-26-29-28-24(33(26)16-17-34(23)30-22)10-11-25(35)32-14-12-31(13-15-32)21-4-2-1-3-5-21/h1-9,16-17,22-23,26,29-30H,10-15,18H2. The monoisotopic (exact) mass is 491 g/mol. The molecule has 0 bridgehead atoms. The van der Waals surface area contributed by atoms with Crippen molar-refractivity contribution in [2.75, 3.05) is 31.1 Å². The lowest BCUT2D eigenvalue weighted by molar-refractivity contribution is -0.131. The summed E-state index contributed by atoms with van der Waals surface area (Å²) in [6, 6.07) is 18.9. The van der Waals surface area contributed by atoms with Gasteiger partial charge in [0.25, 0.3) is 0 Å². The topological polar surface area (TPSA) is 66.5 Å². The van der Waals surface area contributed by atoms with Crippen LogP contribution in [-0.2, 0) is 4.79 Å². The van der Waals surface area contributed by atoms with Crippen molar-refractivity contribution in [3.8, 4) is 0 Å².